The van der Waals surface area contributed by atoms with Crippen LogP contribution in [-0.4, -0.2) is 62.2 Å². The zero-order valence-corrected chi connectivity index (χ0v) is 24.2. The van der Waals surface area contributed by atoms with Crippen molar-refractivity contribution in [3.05, 3.63) is 101 Å². The van der Waals surface area contributed by atoms with Gasteiger partial charge in [0.2, 0.25) is 0 Å². The molecule has 0 radical (unpaired) electrons. The molecule has 11 heteroatoms. The second kappa shape index (κ2) is 14.8. The Balaban J connectivity index is 1.50. The number of phenols is 1. The first-order valence-electron chi connectivity index (χ1n) is 13.3. The Labute approximate surface area is 246 Å². The first-order valence-corrected chi connectivity index (χ1v) is 14.6. The normalized spacial score (nSPS) is 11.5. The van der Waals surface area contributed by atoms with E-state index in [2.05, 4.69) is 36.9 Å². The zero-order valence-electron chi connectivity index (χ0n) is 23.4. The van der Waals surface area contributed by atoms with Crippen molar-refractivity contribution in [2.75, 3.05) is 30.8 Å². The third-order valence-electron chi connectivity index (χ3n) is 5.98. The Bertz CT molecular complexity index is 1670. The lowest BCUT2D eigenvalue weighted by Crippen LogP contribution is -2.20. The Hall–Kier alpha value is -4.63. The third kappa shape index (κ3) is 8.44. The number of anilines is 1. The Kier molecular flexibility index (Phi) is 10.7. The number of rotatable bonds is 10. The van der Waals surface area contributed by atoms with Gasteiger partial charge in [-0.25, -0.2) is 0 Å². The van der Waals surface area contributed by atoms with Crippen molar-refractivity contribution >= 4 is 28.2 Å². The van der Waals surface area contributed by atoms with Crippen LogP contribution in [-0.2, 0) is 17.7 Å². The SMILES string of the molecule is Cc1cc(C(=O)Nc2cccc(C#Cc3cncc(C(=O)N=S(CCCNCCO)c4ccccc4O)c3)c2)n(C)n1. The van der Waals surface area contributed by atoms with Crippen LogP contribution >= 0.6 is 0 Å². The Morgan fingerprint density at radius 1 is 1.02 bits per heavy atom. The number of para-hydroxylation sites is 1. The smallest absolute Gasteiger partial charge is 0.284 e. The molecule has 1 unspecified atom stereocenters. The fourth-order valence-electron chi connectivity index (χ4n) is 4.01. The van der Waals surface area contributed by atoms with E-state index in [4.69, 9.17) is 5.11 Å². The van der Waals surface area contributed by atoms with Gasteiger partial charge in [0.05, 0.1) is 22.8 Å². The number of hydrogen-bond donors (Lipinski definition) is 4. The van der Waals surface area contributed by atoms with Gasteiger partial charge >= 0.3 is 0 Å². The quantitative estimate of drug-likeness (QED) is 0.165. The van der Waals surface area contributed by atoms with Crippen molar-refractivity contribution in [3.63, 3.8) is 0 Å². The van der Waals surface area contributed by atoms with Crippen molar-refractivity contribution in [1.82, 2.24) is 20.1 Å². The van der Waals surface area contributed by atoms with Crippen molar-refractivity contribution in [2.24, 2.45) is 11.4 Å². The molecule has 2 heterocycles. The van der Waals surface area contributed by atoms with Crippen LogP contribution in [0.25, 0.3) is 0 Å². The monoisotopic (exact) mass is 584 g/mol. The molecular weight excluding hydrogens is 552 g/mol. The minimum Gasteiger partial charge on any atom is -0.507 e. The molecule has 2 aromatic carbocycles. The molecule has 42 heavy (non-hydrogen) atoms. The van der Waals surface area contributed by atoms with Crippen molar-refractivity contribution in [3.8, 4) is 17.6 Å². The number of aromatic nitrogens is 3. The van der Waals surface area contributed by atoms with E-state index < -0.39 is 16.6 Å². The maximum Gasteiger partial charge on any atom is 0.284 e. The highest BCUT2D eigenvalue weighted by atomic mass is 32.2. The van der Waals surface area contributed by atoms with Crippen LogP contribution in [0, 0.1) is 18.8 Å². The molecule has 1 atom stereocenters. The van der Waals surface area contributed by atoms with E-state index in [9.17, 15) is 14.7 Å². The molecule has 0 aliphatic heterocycles. The van der Waals surface area contributed by atoms with E-state index in [0.717, 1.165) is 5.69 Å². The number of phenolic OH excluding ortho intramolecular Hbond substituents is 1. The number of pyridine rings is 1. The summed E-state index contributed by atoms with van der Waals surface area (Å²) >= 11 is 0. The average Bonchev–Trinajstić information content (AvgIpc) is 3.33. The van der Waals surface area contributed by atoms with Crippen LogP contribution in [0.3, 0.4) is 0 Å². The first kappa shape index (κ1) is 30.3. The molecule has 0 spiro atoms. The molecule has 0 saturated heterocycles. The molecule has 4 aromatic rings. The maximum atomic E-state index is 13.2. The Morgan fingerprint density at radius 3 is 2.60 bits per heavy atom. The number of carbonyl (C=O) groups is 2. The second-order valence-corrected chi connectivity index (χ2v) is 11.1. The largest absolute Gasteiger partial charge is 0.507 e. The van der Waals surface area contributed by atoms with E-state index in [0.29, 0.717) is 58.2 Å². The van der Waals surface area contributed by atoms with Crippen LogP contribution in [0.4, 0.5) is 5.69 Å². The van der Waals surface area contributed by atoms with Crippen LogP contribution in [0.15, 0.2) is 82.3 Å². The number of amides is 2. The highest BCUT2D eigenvalue weighted by Gasteiger charge is 2.13. The van der Waals surface area contributed by atoms with Gasteiger partial charge in [-0.15, -0.1) is 0 Å². The molecule has 4 N–H and O–H groups in total. The van der Waals surface area contributed by atoms with E-state index in [1.54, 1.807) is 67.8 Å². The highest BCUT2D eigenvalue weighted by Crippen LogP contribution is 2.23. The summed E-state index contributed by atoms with van der Waals surface area (Å²) in [4.78, 5) is 30.6. The minimum absolute atomic E-state index is 0.0497. The van der Waals surface area contributed by atoms with Gasteiger partial charge in [0.25, 0.3) is 11.8 Å². The molecule has 0 saturated carbocycles. The molecule has 4 rings (SSSR count). The highest BCUT2D eigenvalue weighted by molar-refractivity contribution is 7.87. The molecule has 0 aliphatic rings. The predicted molar refractivity (Wildman–Crippen MR) is 162 cm³/mol. The molecule has 0 bridgehead atoms. The number of aliphatic hydroxyl groups excluding tert-OH is 1. The van der Waals surface area contributed by atoms with E-state index in [1.807, 2.05) is 13.0 Å². The van der Waals surface area contributed by atoms with Gasteiger partial charge in [-0.05, 0) is 62.4 Å². The van der Waals surface area contributed by atoms with E-state index in [1.165, 1.54) is 10.9 Å². The number of aliphatic hydroxyl groups is 1. The standard InChI is InChI=1S/C31H32N6O4S/c1-22-17-27(37(2)35-22)31(41)34-26-8-5-7-23(19-26)11-12-24-18-25(21-33-20-24)30(40)36-42(16-6-13-32-14-15-38)29-10-4-3-9-28(29)39/h3-5,7-10,17-21,32,38-39H,6,13-16H2,1-2H3,(H,34,41). The molecule has 216 valence electrons. The van der Waals surface area contributed by atoms with Crippen LogP contribution in [0.1, 0.15) is 44.1 Å². The van der Waals surface area contributed by atoms with Gasteiger partial charge in [0.1, 0.15) is 11.4 Å². The fourth-order valence-corrected chi connectivity index (χ4v) is 5.69. The van der Waals surface area contributed by atoms with Crippen molar-refractivity contribution in [2.45, 2.75) is 18.2 Å². The molecule has 2 amide bonds. The summed E-state index contributed by atoms with van der Waals surface area (Å²) in [6.07, 6.45) is 3.72. The predicted octanol–water partition coefficient (Wildman–Crippen LogP) is 3.45. The topological polar surface area (TPSA) is 142 Å². The number of carbonyl (C=O) groups excluding carboxylic acids is 2. The van der Waals surface area contributed by atoms with Crippen LogP contribution in [0.5, 0.6) is 5.75 Å². The van der Waals surface area contributed by atoms with Gasteiger partial charge < -0.3 is 20.8 Å². The van der Waals surface area contributed by atoms with Gasteiger partial charge in [-0.2, -0.15) is 9.46 Å². The maximum absolute atomic E-state index is 13.2. The lowest BCUT2D eigenvalue weighted by atomic mass is 10.1. The minimum atomic E-state index is -0.878. The first-order chi connectivity index (χ1) is 20.3. The summed E-state index contributed by atoms with van der Waals surface area (Å²) in [6.45, 7) is 3.02. The number of nitrogens with zero attached hydrogens (tertiary/aromatic N) is 4. The number of benzene rings is 2. The van der Waals surface area contributed by atoms with E-state index >= 15 is 0 Å². The third-order valence-corrected chi connectivity index (χ3v) is 7.90. The van der Waals surface area contributed by atoms with Gasteiger partial charge in [-0.3, -0.25) is 19.3 Å². The van der Waals surface area contributed by atoms with Gasteiger partial charge in [0.15, 0.2) is 0 Å². The van der Waals surface area contributed by atoms with E-state index in [-0.39, 0.29) is 18.3 Å². The molecule has 0 fully saturated rings. The summed E-state index contributed by atoms with van der Waals surface area (Å²) in [5, 5.41) is 29.5. The van der Waals surface area contributed by atoms with Crippen molar-refractivity contribution in [1.29, 1.82) is 0 Å². The van der Waals surface area contributed by atoms with Crippen molar-refractivity contribution < 1.29 is 19.8 Å². The summed E-state index contributed by atoms with van der Waals surface area (Å²) in [5.74, 6) is 6.01. The number of aryl methyl sites for hydroxylation is 2. The second-order valence-electron chi connectivity index (χ2n) is 9.30. The summed E-state index contributed by atoms with van der Waals surface area (Å²) < 4.78 is 5.98. The van der Waals surface area contributed by atoms with Crippen LogP contribution < -0.4 is 10.6 Å². The average molecular weight is 585 g/mol. The van der Waals surface area contributed by atoms with Gasteiger partial charge in [-0.1, -0.05) is 40.7 Å². The molecule has 10 nitrogen and oxygen atoms in total. The summed E-state index contributed by atoms with van der Waals surface area (Å²) in [5.41, 5.74) is 3.29. The number of nitrogens with one attached hydrogen (secondary N) is 2. The molecule has 0 aliphatic carbocycles. The van der Waals surface area contributed by atoms with Crippen LogP contribution in [0.2, 0.25) is 0 Å². The number of hydrogen-bond acceptors (Lipinski definition) is 7. The molecule has 2 aromatic heterocycles. The number of aromatic hydroxyl groups is 1. The lowest BCUT2D eigenvalue weighted by molar-refractivity contribution is 0.1000. The fraction of sp³-hybridized carbons (Fsp3) is 0.226. The van der Waals surface area contributed by atoms with Gasteiger partial charge in [0, 0.05) is 48.6 Å². The lowest BCUT2D eigenvalue weighted by Gasteiger charge is -2.10. The summed E-state index contributed by atoms with van der Waals surface area (Å²) in [7, 11) is 0.839. The summed E-state index contributed by atoms with van der Waals surface area (Å²) in [6, 6.07) is 17.4. The Morgan fingerprint density at radius 2 is 1.83 bits per heavy atom. The zero-order chi connectivity index (χ0) is 29.9. The molecular formula is C31H32N6O4S.